The number of ether oxygens (including phenoxy) is 2. The number of rotatable bonds is 6. The molecule has 2 rings (SSSR count). The first kappa shape index (κ1) is 13.3. The maximum atomic E-state index is 13.0. The molecule has 0 radical (unpaired) electrons. The van der Waals surface area contributed by atoms with Gasteiger partial charge in [-0.1, -0.05) is 0 Å². The number of hydrogen-bond donors (Lipinski definition) is 1. The largest absolute Gasteiger partial charge is 0.488 e. The molecule has 1 aliphatic heterocycles. The van der Waals surface area contributed by atoms with Crippen LogP contribution in [0.3, 0.4) is 0 Å². The molecule has 4 heteroatoms. The van der Waals surface area contributed by atoms with E-state index in [2.05, 4.69) is 5.32 Å². The van der Waals surface area contributed by atoms with Crippen molar-refractivity contribution in [3.63, 3.8) is 0 Å². The fraction of sp³-hybridized carbons (Fsp3) is 0.571. The lowest BCUT2D eigenvalue weighted by Gasteiger charge is -2.12. The van der Waals surface area contributed by atoms with E-state index < -0.39 is 0 Å². The van der Waals surface area contributed by atoms with E-state index in [1.807, 2.05) is 13.8 Å². The lowest BCUT2D eigenvalue weighted by atomic mass is 10.1. The zero-order valence-electron chi connectivity index (χ0n) is 10.9. The van der Waals surface area contributed by atoms with Gasteiger partial charge in [0, 0.05) is 25.1 Å². The van der Waals surface area contributed by atoms with Crippen molar-refractivity contribution in [1.82, 2.24) is 5.32 Å². The van der Waals surface area contributed by atoms with Gasteiger partial charge in [-0.05, 0) is 32.0 Å². The molecule has 18 heavy (non-hydrogen) atoms. The maximum Gasteiger partial charge on any atom is 0.123 e. The van der Waals surface area contributed by atoms with Gasteiger partial charge in [0.05, 0.1) is 12.7 Å². The third-order valence-electron chi connectivity index (χ3n) is 2.87. The van der Waals surface area contributed by atoms with Crippen LogP contribution in [-0.2, 0) is 11.2 Å². The van der Waals surface area contributed by atoms with Crippen molar-refractivity contribution in [3.05, 3.63) is 29.6 Å². The van der Waals surface area contributed by atoms with Crippen LogP contribution in [0.4, 0.5) is 4.39 Å². The standard InChI is InChI=1S/C14H20FNO2/c1-10(2)17-6-5-16-9-13-8-11-7-12(15)3-4-14(11)18-13/h3-4,7,10,13,16H,5-6,8-9H2,1-2H3. The van der Waals surface area contributed by atoms with E-state index in [-0.39, 0.29) is 18.0 Å². The van der Waals surface area contributed by atoms with Gasteiger partial charge in [0.15, 0.2) is 0 Å². The highest BCUT2D eigenvalue weighted by Gasteiger charge is 2.22. The normalized spacial score (nSPS) is 17.9. The van der Waals surface area contributed by atoms with Gasteiger partial charge in [0.1, 0.15) is 17.7 Å². The molecular formula is C14H20FNO2. The van der Waals surface area contributed by atoms with Gasteiger partial charge in [-0.2, -0.15) is 0 Å². The first-order valence-electron chi connectivity index (χ1n) is 6.42. The first-order chi connectivity index (χ1) is 8.65. The SMILES string of the molecule is CC(C)OCCNCC1Cc2cc(F)ccc2O1. The fourth-order valence-electron chi connectivity index (χ4n) is 2.03. The first-order valence-corrected chi connectivity index (χ1v) is 6.42. The summed E-state index contributed by atoms with van der Waals surface area (Å²) >= 11 is 0. The molecule has 0 aromatic heterocycles. The molecule has 100 valence electrons. The van der Waals surface area contributed by atoms with E-state index in [0.717, 1.165) is 30.8 Å². The van der Waals surface area contributed by atoms with Crippen molar-refractivity contribution in [2.75, 3.05) is 19.7 Å². The summed E-state index contributed by atoms with van der Waals surface area (Å²) in [5.41, 5.74) is 0.959. The van der Waals surface area contributed by atoms with Gasteiger partial charge >= 0.3 is 0 Å². The molecule has 0 spiro atoms. The molecule has 1 aliphatic rings. The summed E-state index contributed by atoms with van der Waals surface area (Å²) < 4.78 is 24.2. The van der Waals surface area contributed by atoms with Crippen LogP contribution in [0.25, 0.3) is 0 Å². The van der Waals surface area contributed by atoms with E-state index >= 15 is 0 Å². The van der Waals surface area contributed by atoms with E-state index in [4.69, 9.17) is 9.47 Å². The smallest absolute Gasteiger partial charge is 0.123 e. The third kappa shape index (κ3) is 3.68. The molecule has 0 aliphatic carbocycles. The van der Waals surface area contributed by atoms with E-state index in [1.165, 1.54) is 6.07 Å². The van der Waals surface area contributed by atoms with Gasteiger partial charge < -0.3 is 14.8 Å². The van der Waals surface area contributed by atoms with Gasteiger partial charge in [-0.15, -0.1) is 0 Å². The number of fused-ring (bicyclic) bond motifs is 1. The van der Waals surface area contributed by atoms with Gasteiger partial charge in [-0.3, -0.25) is 0 Å². The molecule has 1 aromatic rings. The Bertz CT molecular complexity index is 395. The van der Waals surface area contributed by atoms with Crippen molar-refractivity contribution < 1.29 is 13.9 Å². The number of benzene rings is 1. The van der Waals surface area contributed by atoms with Crippen LogP contribution in [0, 0.1) is 5.82 Å². The van der Waals surface area contributed by atoms with Gasteiger partial charge in [0.25, 0.3) is 0 Å². The van der Waals surface area contributed by atoms with Crippen LogP contribution in [0.5, 0.6) is 5.75 Å². The molecule has 1 aromatic carbocycles. The van der Waals surface area contributed by atoms with Crippen LogP contribution in [0.2, 0.25) is 0 Å². The lowest BCUT2D eigenvalue weighted by Crippen LogP contribution is -2.32. The predicted octanol–water partition coefficient (Wildman–Crippen LogP) is 2.14. The second kappa shape index (κ2) is 6.16. The zero-order valence-corrected chi connectivity index (χ0v) is 10.9. The Labute approximate surface area is 107 Å². The van der Waals surface area contributed by atoms with Crippen LogP contribution >= 0.6 is 0 Å². The highest BCUT2D eigenvalue weighted by Crippen LogP contribution is 2.28. The predicted molar refractivity (Wildman–Crippen MR) is 68.5 cm³/mol. The van der Waals surface area contributed by atoms with Crippen molar-refractivity contribution in [2.45, 2.75) is 32.5 Å². The molecule has 1 unspecified atom stereocenters. The Kier molecular flexibility index (Phi) is 4.55. The third-order valence-corrected chi connectivity index (χ3v) is 2.87. The van der Waals surface area contributed by atoms with Crippen LogP contribution in [0.1, 0.15) is 19.4 Å². The van der Waals surface area contributed by atoms with Crippen LogP contribution in [0.15, 0.2) is 18.2 Å². The molecule has 0 fully saturated rings. The van der Waals surface area contributed by atoms with E-state index in [9.17, 15) is 4.39 Å². The van der Waals surface area contributed by atoms with Gasteiger partial charge in [-0.25, -0.2) is 4.39 Å². The Morgan fingerprint density at radius 1 is 1.50 bits per heavy atom. The van der Waals surface area contributed by atoms with Crippen molar-refractivity contribution in [3.8, 4) is 5.75 Å². The molecule has 1 N–H and O–H groups in total. The van der Waals surface area contributed by atoms with Crippen molar-refractivity contribution in [1.29, 1.82) is 0 Å². The Morgan fingerprint density at radius 2 is 2.33 bits per heavy atom. The highest BCUT2D eigenvalue weighted by molar-refractivity contribution is 5.37. The topological polar surface area (TPSA) is 30.5 Å². The van der Waals surface area contributed by atoms with Crippen molar-refractivity contribution >= 4 is 0 Å². The summed E-state index contributed by atoms with van der Waals surface area (Å²) in [5.74, 6) is 0.609. The van der Waals surface area contributed by atoms with Gasteiger partial charge in [0.2, 0.25) is 0 Å². The fourth-order valence-corrected chi connectivity index (χ4v) is 2.03. The van der Waals surface area contributed by atoms with E-state index in [1.54, 1.807) is 12.1 Å². The molecule has 0 saturated carbocycles. The minimum absolute atomic E-state index is 0.0980. The average Bonchev–Trinajstić information content (AvgIpc) is 2.70. The number of nitrogens with one attached hydrogen (secondary N) is 1. The summed E-state index contributed by atoms with van der Waals surface area (Å²) in [6, 6.07) is 4.69. The molecule has 3 nitrogen and oxygen atoms in total. The maximum absolute atomic E-state index is 13.0. The molecule has 0 saturated heterocycles. The van der Waals surface area contributed by atoms with Crippen LogP contribution in [-0.4, -0.2) is 31.9 Å². The molecular weight excluding hydrogens is 233 g/mol. The molecule has 1 atom stereocenters. The second-order valence-electron chi connectivity index (χ2n) is 4.82. The van der Waals surface area contributed by atoms with Crippen LogP contribution < -0.4 is 10.1 Å². The summed E-state index contributed by atoms with van der Waals surface area (Å²) in [6.07, 6.45) is 1.13. The Morgan fingerprint density at radius 3 is 3.11 bits per heavy atom. The number of hydrogen-bond acceptors (Lipinski definition) is 3. The molecule has 0 amide bonds. The molecule has 0 bridgehead atoms. The monoisotopic (exact) mass is 253 g/mol. The highest BCUT2D eigenvalue weighted by atomic mass is 19.1. The summed E-state index contributed by atoms with van der Waals surface area (Å²) in [7, 11) is 0. The Balaban J connectivity index is 1.68. The minimum atomic E-state index is -0.198. The minimum Gasteiger partial charge on any atom is -0.488 e. The second-order valence-corrected chi connectivity index (χ2v) is 4.82. The quantitative estimate of drug-likeness (QED) is 0.788. The number of halogens is 1. The summed E-state index contributed by atoms with van der Waals surface area (Å²) in [5, 5.41) is 3.29. The Hall–Kier alpha value is -1.13. The summed E-state index contributed by atoms with van der Waals surface area (Å²) in [4.78, 5) is 0. The average molecular weight is 253 g/mol. The molecule has 1 heterocycles. The van der Waals surface area contributed by atoms with E-state index in [0.29, 0.717) is 6.61 Å². The van der Waals surface area contributed by atoms with Crippen molar-refractivity contribution in [2.24, 2.45) is 0 Å². The summed E-state index contributed by atoms with van der Waals surface area (Å²) in [6.45, 7) is 6.31. The zero-order chi connectivity index (χ0) is 13.0. The lowest BCUT2D eigenvalue weighted by molar-refractivity contribution is 0.0794.